The maximum atomic E-state index is 13.3. The molecule has 1 aliphatic carbocycles. The molecule has 3 aromatic rings. The highest BCUT2D eigenvalue weighted by Gasteiger charge is 2.34. The summed E-state index contributed by atoms with van der Waals surface area (Å²) in [7, 11) is 0. The first kappa shape index (κ1) is 18.8. The molecule has 3 unspecified atom stereocenters. The van der Waals surface area contributed by atoms with Crippen LogP contribution in [0.5, 0.6) is 5.75 Å². The molecular weight excluding hydrogens is 448 g/mol. The highest BCUT2D eigenvalue weighted by molar-refractivity contribution is 9.10. The Labute approximate surface area is 182 Å². The summed E-state index contributed by atoms with van der Waals surface area (Å²) in [4.78, 5) is 18.2. The van der Waals surface area contributed by atoms with Crippen molar-refractivity contribution in [3.05, 3.63) is 69.7 Å². The van der Waals surface area contributed by atoms with E-state index in [0.717, 1.165) is 45.6 Å². The predicted octanol–water partition coefficient (Wildman–Crippen LogP) is 5.75. The van der Waals surface area contributed by atoms with Crippen molar-refractivity contribution < 1.29 is 9.53 Å². The first-order valence-electron chi connectivity index (χ1n) is 9.92. The van der Waals surface area contributed by atoms with E-state index in [1.165, 1.54) is 4.70 Å². The molecule has 1 aliphatic heterocycles. The molecule has 6 heteroatoms. The minimum Gasteiger partial charge on any atom is -0.493 e. The number of nitrogens with one attached hydrogen (secondary N) is 1. The van der Waals surface area contributed by atoms with Crippen molar-refractivity contribution in [3.8, 4) is 5.75 Å². The molecular formula is C23H21BrN2O2S. The van der Waals surface area contributed by atoms with Gasteiger partial charge in [0.1, 0.15) is 5.75 Å². The highest BCUT2D eigenvalue weighted by Crippen LogP contribution is 2.40. The van der Waals surface area contributed by atoms with E-state index < -0.39 is 0 Å². The van der Waals surface area contributed by atoms with E-state index in [9.17, 15) is 4.79 Å². The van der Waals surface area contributed by atoms with Gasteiger partial charge in [-0.25, -0.2) is 4.98 Å². The van der Waals surface area contributed by atoms with Gasteiger partial charge in [-0.05, 0) is 43.2 Å². The molecule has 2 aromatic carbocycles. The second-order valence-corrected chi connectivity index (χ2v) is 9.53. The molecule has 0 spiro atoms. The lowest BCUT2D eigenvalue weighted by Crippen LogP contribution is -2.39. The van der Waals surface area contributed by atoms with E-state index in [2.05, 4.69) is 39.5 Å². The standard InChI is InChI=1S/C23H21BrN2O2S/c24-14-9-10-20-17(13-14)18(11-12-28-20)25-22(27)15-5-1-2-6-16(15)23-26-19-7-3-4-8-21(19)29-23/h1-4,7-10,13,15-16,18H,5-6,11-12H2,(H,25,27). The van der Waals surface area contributed by atoms with Gasteiger partial charge in [0.15, 0.2) is 0 Å². The van der Waals surface area contributed by atoms with Crippen LogP contribution in [0.4, 0.5) is 0 Å². The third-order valence-electron chi connectivity index (χ3n) is 5.72. The van der Waals surface area contributed by atoms with Crippen molar-refractivity contribution in [2.24, 2.45) is 5.92 Å². The number of thiazole rings is 1. The Morgan fingerprint density at radius 2 is 2.03 bits per heavy atom. The van der Waals surface area contributed by atoms with Crippen LogP contribution in [0, 0.1) is 5.92 Å². The van der Waals surface area contributed by atoms with Gasteiger partial charge in [-0.2, -0.15) is 0 Å². The van der Waals surface area contributed by atoms with Crippen molar-refractivity contribution in [1.82, 2.24) is 10.3 Å². The number of rotatable bonds is 3. The Kier molecular flexibility index (Phi) is 5.14. The summed E-state index contributed by atoms with van der Waals surface area (Å²) in [6.45, 7) is 0.617. The van der Waals surface area contributed by atoms with Crippen LogP contribution < -0.4 is 10.1 Å². The van der Waals surface area contributed by atoms with E-state index in [0.29, 0.717) is 6.61 Å². The van der Waals surface area contributed by atoms with E-state index in [-0.39, 0.29) is 23.8 Å². The van der Waals surface area contributed by atoms with Gasteiger partial charge >= 0.3 is 0 Å². The number of carbonyl (C=O) groups excluding carboxylic acids is 1. The average Bonchev–Trinajstić information content (AvgIpc) is 3.18. The number of nitrogens with zero attached hydrogens (tertiary/aromatic N) is 1. The van der Waals surface area contributed by atoms with Gasteiger partial charge in [-0.15, -0.1) is 11.3 Å². The fraction of sp³-hybridized carbons (Fsp3) is 0.304. The monoisotopic (exact) mass is 468 g/mol. The normalized spacial score (nSPS) is 23.4. The number of para-hydroxylation sites is 1. The zero-order valence-corrected chi connectivity index (χ0v) is 18.2. The molecule has 4 nitrogen and oxygen atoms in total. The molecule has 29 heavy (non-hydrogen) atoms. The first-order chi connectivity index (χ1) is 14.2. The SMILES string of the molecule is O=C(NC1CCOc2ccc(Br)cc21)C1CC=CCC1c1nc2ccccc2s1. The van der Waals surface area contributed by atoms with Crippen LogP contribution in [-0.4, -0.2) is 17.5 Å². The highest BCUT2D eigenvalue weighted by atomic mass is 79.9. The van der Waals surface area contributed by atoms with Gasteiger partial charge in [0, 0.05) is 22.4 Å². The van der Waals surface area contributed by atoms with Gasteiger partial charge in [-0.1, -0.05) is 40.2 Å². The van der Waals surface area contributed by atoms with E-state index in [1.807, 2.05) is 36.4 Å². The van der Waals surface area contributed by atoms with Crippen molar-refractivity contribution in [3.63, 3.8) is 0 Å². The van der Waals surface area contributed by atoms with Gasteiger partial charge in [0.05, 0.1) is 33.8 Å². The quantitative estimate of drug-likeness (QED) is 0.497. The van der Waals surface area contributed by atoms with Crippen molar-refractivity contribution in [1.29, 1.82) is 0 Å². The average molecular weight is 469 g/mol. The number of allylic oxidation sites excluding steroid dienone is 2. The molecule has 1 N–H and O–H groups in total. The molecule has 0 bridgehead atoms. The summed E-state index contributed by atoms with van der Waals surface area (Å²) >= 11 is 5.24. The summed E-state index contributed by atoms with van der Waals surface area (Å²) in [5, 5.41) is 4.37. The summed E-state index contributed by atoms with van der Waals surface area (Å²) in [5.74, 6) is 0.991. The molecule has 0 fully saturated rings. The Bertz CT molecular complexity index is 1060. The van der Waals surface area contributed by atoms with Crippen molar-refractivity contribution >= 4 is 43.4 Å². The second kappa shape index (κ2) is 7.92. The Balaban J connectivity index is 1.40. The maximum Gasteiger partial charge on any atom is 0.224 e. The number of amides is 1. The fourth-order valence-electron chi connectivity index (χ4n) is 4.22. The smallest absolute Gasteiger partial charge is 0.224 e. The fourth-order valence-corrected chi connectivity index (χ4v) is 5.74. The largest absolute Gasteiger partial charge is 0.493 e. The molecule has 1 amide bonds. The Morgan fingerprint density at radius 3 is 2.93 bits per heavy atom. The lowest BCUT2D eigenvalue weighted by molar-refractivity contribution is -0.126. The van der Waals surface area contributed by atoms with Crippen LogP contribution in [-0.2, 0) is 4.79 Å². The number of hydrogen-bond donors (Lipinski definition) is 1. The molecule has 0 saturated heterocycles. The number of halogens is 1. The van der Waals surface area contributed by atoms with Gasteiger partial charge < -0.3 is 10.1 Å². The summed E-state index contributed by atoms with van der Waals surface area (Å²) in [5.41, 5.74) is 2.06. The van der Waals surface area contributed by atoms with Crippen molar-refractivity contribution in [2.75, 3.05) is 6.61 Å². The molecule has 148 valence electrons. The number of benzene rings is 2. The summed E-state index contributed by atoms with van der Waals surface area (Å²) in [6, 6.07) is 14.1. The number of carbonyl (C=O) groups is 1. The number of ether oxygens (including phenoxy) is 1. The van der Waals surface area contributed by atoms with Gasteiger partial charge in [0.25, 0.3) is 0 Å². The molecule has 0 saturated carbocycles. The molecule has 2 aliphatic rings. The number of hydrogen-bond acceptors (Lipinski definition) is 4. The molecule has 3 atom stereocenters. The minimum absolute atomic E-state index is 0.0225. The molecule has 0 radical (unpaired) electrons. The zero-order chi connectivity index (χ0) is 19.8. The van der Waals surface area contributed by atoms with E-state index >= 15 is 0 Å². The third kappa shape index (κ3) is 3.71. The van der Waals surface area contributed by atoms with Crippen LogP contribution in [0.3, 0.4) is 0 Å². The van der Waals surface area contributed by atoms with Gasteiger partial charge in [0.2, 0.25) is 5.91 Å². The minimum atomic E-state index is -0.0981. The van der Waals surface area contributed by atoms with Crippen LogP contribution in [0.2, 0.25) is 0 Å². The van der Waals surface area contributed by atoms with Crippen LogP contribution in [0.1, 0.15) is 41.8 Å². The van der Waals surface area contributed by atoms with E-state index in [4.69, 9.17) is 9.72 Å². The zero-order valence-electron chi connectivity index (χ0n) is 15.8. The third-order valence-corrected chi connectivity index (χ3v) is 7.39. The van der Waals surface area contributed by atoms with E-state index in [1.54, 1.807) is 11.3 Å². The number of fused-ring (bicyclic) bond motifs is 2. The van der Waals surface area contributed by atoms with Crippen LogP contribution in [0.15, 0.2) is 59.1 Å². The Hall–Kier alpha value is -2.18. The number of aromatic nitrogens is 1. The lowest BCUT2D eigenvalue weighted by Gasteiger charge is -2.31. The molecule has 5 rings (SSSR count). The lowest BCUT2D eigenvalue weighted by atomic mass is 9.82. The second-order valence-electron chi connectivity index (χ2n) is 7.56. The Morgan fingerprint density at radius 1 is 1.17 bits per heavy atom. The summed E-state index contributed by atoms with van der Waals surface area (Å²) < 4.78 is 7.94. The van der Waals surface area contributed by atoms with Crippen LogP contribution >= 0.6 is 27.3 Å². The first-order valence-corrected chi connectivity index (χ1v) is 11.5. The van der Waals surface area contributed by atoms with Crippen LogP contribution in [0.25, 0.3) is 10.2 Å². The molecule has 1 aromatic heterocycles. The topological polar surface area (TPSA) is 51.2 Å². The summed E-state index contributed by atoms with van der Waals surface area (Å²) in [6.07, 6.45) is 6.70. The molecule has 2 heterocycles. The van der Waals surface area contributed by atoms with Gasteiger partial charge in [-0.3, -0.25) is 4.79 Å². The van der Waals surface area contributed by atoms with Crippen molar-refractivity contribution in [2.45, 2.75) is 31.2 Å². The maximum absolute atomic E-state index is 13.3. The predicted molar refractivity (Wildman–Crippen MR) is 119 cm³/mol.